The number of carbonyl (C=O) groups is 1. The van der Waals surface area contributed by atoms with Gasteiger partial charge in [-0.05, 0) is 29.8 Å². The van der Waals surface area contributed by atoms with Gasteiger partial charge in [0.2, 0.25) is 0 Å². The second-order valence-electron chi connectivity index (χ2n) is 6.32. The normalized spacial score (nSPS) is 10.9. The van der Waals surface area contributed by atoms with Gasteiger partial charge in [-0.1, -0.05) is 48.5 Å². The van der Waals surface area contributed by atoms with Crippen LogP contribution in [0.3, 0.4) is 0 Å². The van der Waals surface area contributed by atoms with Crippen molar-refractivity contribution in [2.75, 3.05) is 6.61 Å². The molecule has 0 spiro atoms. The zero-order chi connectivity index (χ0) is 19.5. The van der Waals surface area contributed by atoms with E-state index in [2.05, 4.69) is 15.5 Å². The maximum atomic E-state index is 13.0. The molecule has 2 N–H and O–H groups in total. The lowest BCUT2D eigenvalue weighted by Gasteiger charge is -2.14. The molecule has 0 unspecified atom stereocenters. The first kappa shape index (κ1) is 17.7. The molecule has 4 aromatic rings. The van der Waals surface area contributed by atoms with Gasteiger partial charge < -0.3 is 10.1 Å². The molecule has 0 aliphatic rings. The highest BCUT2D eigenvalue weighted by atomic mass is 16.5. The lowest BCUT2D eigenvalue weighted by Crippen LogP contribution is -2.25. The van der Waals surface area contributed by atoms with Gasteiger partial charge in [-0.3, -0.25) is 9.59 Å². The Kier molecular flexibility index (Phi) is 4.76. The SMILES string of the molecule is CCOc1ccc2ccccc2c1C(=O)NCc1n[nH]c(=O)c2ccccc12. The average Bonchev–Trinajstić information content (AvgIpc) is 2.73. The molecule has 6 heteroatoms. The van der Waals surface area contributed by atoms with Crippen molar-refractivity contribution < 1.29 is 9.53 Å². The van der Waals surface area contributed by atoms with Crippen molar-refractivity contribution in [3.8, 4) is 5.75 Å². The van der Waals surface area contributed by atoms with Gasteiger partial charge in [0.1, 0.15) is 5.75 Å². The molecular weight excluding hydrogens is 354 g/mol. The van der Waals surface area contributed by atoms with E-state index >= 15 is 0 Å². The number of ether oxygens (including phenoxy) is 1. The zero-order valence-corrected chi connectivity index (χ0v) is 15.4. The largest absolute Gasteiger partial charge is 0.493 e. The fraction of sp³-hybridized carbons (Fsp3) is 0.136. The van der Waals surface area contributed by atoms with E-state index in [1.807, 2.05) is 55.5 Å². The van der Waals surface area contributed by atoms with Crippen LogP contribution in [-0.4, -0.2) is 22.7 Å². The number of hydrogen-bond donors (Lipinski definition) is 2. The minimum absolute atomic E-state index is 0.185. The maximum Gasteiger partial charge on any atom is 0.272 e. The zero-order valence-electron chi connectivity index (χ0n) is 15.4. The van der Waals surface area contributed by atoms with Crippen LogP contribution in [0.2, 0.25) is 0 Å². The summed E-state index contributed by atoms with van der Waals surface area (Å²) >= 11 is 0. The predicted octanol–water partition coefficient (Wildman–Crippen LogP) is 3.41. The number of hydrogen-bond acceptors (Lipinski definition) is 4. The number of nitrogens with zero attached hydrogens (tertiary/aromatic N) is 1. The molecule has 0 radical (unpaired) electrons. The van der Waals surface area contributed by atoms with Crippen LogP contribution in [0.4, 0.5) is 0 Å². The summed E-state index contributed by atoms with van der Waals surface area (Å²) in [6, 6.07) is 18.6. The van der Waals surface area contributed by atoms with Crippen LogP contribution in [-0.2, 0) is 6.54 Å². The topological polar surface area (TPSA) is 84.1 Å². The molecule has 0 bridgehead atoms. The number of nitrogens with one attached hydrogen (secondary N) is 2. The van der Waals surface area contributed by atoms with Gasteiger partial charge in [-0.15, -0.1) is 0 Å². The van der Waals surface area contributed by atoms with E-state index in [1.165, 1.54) is 0 Å². The number of H-pyrrole nitrogens is 1. The van der Waals surface area contributed by atoms with E-state index in [0.717, 1.165) is 16.2 Å². The highest BCUT2D eigenvalue weighted by molar-refractivity contribution is 6.09. The third-order valence-electron chi connectivity index (χ3n) is 4.61. The maximum absolute atomic E-state index is 13.0. The molecule has 6 nitrogen and oxygen atoms in total. The molecule has 0 saturated heterocycles. The van der Waals surface area contributed by atoms with E-state index in [-0.39, 0.29) is 18.0 Å². The molecule has 0 aliphatic heterocycles. The van der Waals surface area contributed by atoms with Crippen molar-refractivity contribution in [3.05, 3.63) is 82.3 Å². The van der Waals surface area contributed by atoms with Crippen LogP contribution in [0.5, 0.6) is 5.75 Å². The number of aromatic amines is 1. The van der Waals surface area contributed by atoms with Crippen LogP contribution >= 0.6 is 0 Å². The van der Waals surface area contributed by atoms with Crippen molar-refractivity contribution in [2.24, 2.45) is 0 Å². The van der Waals surface area contributed by atoms with Crippen molar-refractivity contribution in [1.82, 2.24) is 15.5 Å². The number of aromatic nitrogens is 2. The van der Waals surface area contributed by atoms with Gasteiger partial charge in [0, 0.05) is 5.39 Å². The van der Waals surface area contributed by atoms with Gasteiger partial charge in [0.15, 0.2) is 0 Å². The number of amides is 1. The standard InChI is InChI=1S/C22H19N3O3/c1-2-28-19-12-11-14-7-3-4-8-15(14)20(19)22(27)23-13-18-16-9-5-6-10-17(16)21(26)25-24-18/h3-12H,2,13H2,1H3,(H,23,27)(H,25,26). The smallest absolute Gasteiger partial charge is 0.272 e. The minimum Gasteiger partial charge on any atom is -0.493 e. The van der Waals surface area contributed by atoms with Gasteiger partial charge in [0.05, 0.1) is 29.8 Å². The third-order valence-corrected chi connectivity index (χ3v) is 4.61. The molecular formula is C22H19N3O3. The second kappa shape index (κ2) is 7.52. The molecule has 0 atom stereocenters. The van der Waals surface area contributed by atoms with Gasteiger partial charge in [-0.2, -0.15) is 5.10 Å². The molecule has 0 fully saturated rings. The van der Waals surface area contributed by atoms with Gasteiger partial charge >= 0.3 is 0 Å². The fourth-order valence-corrected chi connectivity index (χ4v) is 3.32. The molecule has 1 heterocycles. The third kappa shape index (κ3) is 3.20. The summed E-state index contributed by atoms with van der Waals surface area (Å²) in [6.07, 6.45) is 0. The molecule has 140 valence electrons. The predicted molar refractivity (Wildman–Crippen MR) is 109 cm³/mol. The van der Waals surface area contributed by atoms with E-state index in [1.54, 1.807) is 12.1 Å². The molecule has 0 saturated carbocycles. The van der Waals surface area contributed by atoms with E-state index in [4.69, 9.17) is 4.74 Å². The van der Waals surface area contributed by atoms with Gasteiger partial charge in [0.25, 0.3) is 11.5 Å². The van der Waals surface area contributed by atoms with Crippen molar-refractivity contribution in [2.45, 2.75) is 13.5 Å². The second-order valence-corrected chi connectivity index (χ2v) is 6.32. The Labute approximate surface area is 161 Å². The first-order chi connectivity index (χ1) is 13.7. The first-order valence-electron chi connectivity index (χ1n) is 9.08. The van der Waals surface area contributed by atoms with Crippen LogP contribution in [0.15, 0.2) is 65.5 Å². The molecule has 1 aromatic heterocycles. The Bertz CT molecular complexity index is 1230. The van der Waals surface area contributed by atoms with E-state index in [0.29, 0.717) is 29.0 Å². The average molecular weight is 373 g/mol. The molecule has 0 aliphatic carbocycles. The number of carbonyl (C=O) groups excluding carboxylic acids is 1. The minimum atomic E-state index is -0.252. The van der Waals surface area contributed by atoms with E-state index < -0.39 is 0 Å². The summed E-state index contributed by atoms with van der Waals surface area (Å²) < 4.78 is 5.68. The fourth-order valence-electron chi connectivity index (χ4n) is 3.32. The number of rotatable bonds is 5. The monoisotopic (exact) mass is 373 g/mol. The Hall–Kier alpha value is -3.67. The summed E-state index contributed by atoms with van der Waals surface area (Å²) in [6.45, 7) is 2.53. The summed E-state index contributed by atoms with van der Waals surface area (Å²) in [5.41, 5.74) is 0.841. The Morgan fingerprint density at radius 3 is 2.50 bits per heavy atom. The molecule has 3 aromatic carbocycles. The van der Waals surface area contributed by atoms with Crippen LogP contribution in [0.1, 0.15) is 23.0 Å². The molecule has 28 heavy (non-hydrogen) atoms. The van der Waals surface area contributed by atoms with E-state index in [9.17, 15) is 9.59 Å². The van der Waals surface area contributed by atoms with Crippen LogP contribution in [0.25, 0.3) is 21.5 Å². The Balaban J connectivity index is 1.69. The number of fused-ring (bicyclic) bond motifs is 2. The van der Waals surface area contributed by atoms with Gasteiger partial charge in [-0.25, -0.2) is 5.10 Å². The Morgan fingerprint density at radius 1 is 1.00 bits per heavy atom. The lowest BCUT2D eigenvalue weighted by molar-refractivity contribution is 0.0948. The number of benzene rings is 3. The van der Waals surface area contributed by atoms with Crippen molar-refractivity contribution in [3.63, 3.8) is 0 Å². The quantitative estimate of drug-likeness (QED) is 0.562. The van der Waals surface area contributed by atoms with Crippen LogP contribution in [0, 0.1) is 0 Å². The summed E-state index contributed by atoms with van der Waals surface area (Å²) in [5, 5.41) is 12.6. The summed E-state index contributed by atoms with van der Waals surface area (Å²) in [7, 11) is 0. The highest BCUT2D eigenvalue weighted by Gasteiger charge is 2.17. The Morgan fingerprint density at radius 2 is 1.71 bits per heavy atom. The van der Waals surface area contributed by atoms with Crippen molar-refractivity contribution >= 4 is 27.5 Å². The molecule has 1 amide bonds. The summed E-state index contributed by atoms with van der Waals surface area (Å²) in [4.78, 5) is 25.0. The lowest BCUT2D eigenvalue weighted by atomic mass is 10.0. The van der Waals surface area contributed by atoms with Crippen LogP contribution < -0.4 is 15.6 Å². The highest BCUT2D eigenvalue weighted by Crippen LogP contribution is 2.28. The van der Waals surface area contributed by atoms with Crippen molar-refractivity contribution in [1.29, 1.82) is 0 Å². The summed E-state index contributed by atoms with van der Waals surface area (Å²) in [5.74, 6) is 0.287. The molecule has 4 rings (SSSR count). The first-order valence-corrected chi connectivity index (χ1v) is 9.08.